The average molecular weight is 216 g/mol. The van der Waals surface area contributed by atoms with Crippen molar-refractivity contribution in [2.75, 3.05) is 6.54 Å². The fraction of sp³-hybridized carbons (Fsp3) is 0.500. The monoisotopic (exact) mass is 215 g/mol. The van der Waals surface area contributed by atoms with Crippen molar-refractivity contribution in [2.45, 2.75) is 13.3 Å². The van der Waals surface area contributed by atoms with Gasteiger partial charge >= 0.3 is 0 Å². The van der Waals surface area contributed by atoms with E-state index in [2.05, 4.69) is 5.32 Å². The van der Waals surface area contributed by atoms with Crippen molar-refractivity contribution in [3.63, 3.8) is 0 Å². The molecule has 64 valence electrons. The molecule has 0 spiro atoms. The highest BCUT2D eigenvalue weighted by atomic mass is 35.5. The van der Waals surface area contributed by atoms with Gasteiger partial charge in [0.05, 0.1) is 11.6 Å². The molecular weight excluding hydrogens is 208 g/mol. The zero-order valence-electron chi connectivity index (χ0n) is 5.96. The van der Waals surface area contributed by atoms with Crippen LogP contribution in [0.5, 0.6) is 0 Å². The molecule has 0 saturated carbocycles. The SMILES string of the molecule is CCC(=O)NCC(Cl)=C(Cl)Cl. The maximum Gasteiger partial charge on any atom is 0.220 e. The highest BCUT2D eigenvalue weighted by molar-refractivity contribution is 6.59. The maximum atomic E-state index is 10.7. The van der Waals surface area contributed by atoms with Gasteiger partial charge in [0.15, 0.2) is 0 Å². The predicted molar refractivity (Wildman–Crippen MR) is 47.9 cm³/mol. The van der Waals surface area contributed by atoms with Crippen LogP contribution in [-0.2, 0) is 4.79 Å². The van der Waals surface area contributed by atoms with Crippen molar-refractivity contribution in [3.8, 4) is 0 Å². The number of hydrogen-bond acceptors (Lipinski definition) is 1. The van der Waals surface area contributed by atoms with E-state index in [0.29, 0.717) is 6.42 Å². The zero-order valence-corrected chi connectivity index (χ0v) is 8.22. The van der Waals surface area contributed by atoms with Crippen molar-refractivity contribution < 1.29 is 4.79 Å². The molecule has 0 aliphatic rings. The molecule has 0 atom stereocenters. The van der Waals surface area contributed by atoms with Crippen molar-refractivity contribution in [2.24, 2.45) is 0 Å². The highest BCUT2D eigenvalue weighted by Crippen LogP contribution is 2.16. The van der Waals surface area contributed by atoms with E-state index < -0.39 is 0 Å². The molecule has 1 amide bonds. The summed E-state index contributed by atoms with van der Waals surface area (Å²) in [4.78, 5) is 10.7. The van der Waals surface area contributed by atoms with E-state index in [1.165, 1.54) is 0 Å². The van der Waals surface area contributed by atoms with Crippen molar-refractivity contribution >= 4 is 40.7 Å². The lowest BCUT2D eigenvalue weighted by molar-refractivity contribution is -0.120. The number of rotatable bonds is 3. The summed E-state index contributed by atoms with van der Waals surface area (Å²) >= 11 is 16.2. The molecule has 1 N–H and O–H groups in total. The van der Waals surface area contributed by atoms with E-state index >= 15 is 0 Å². The molecule has 2 nitrogen and oxygen atoms in total. The number of amides is 1. The summed E-state index contributed by atoms with van der Waals surface area (Å²) in [5, 5.41) is 2.76. The molecule has 0 rings (SSSR count). The van der Waals surface area contributed by atoms with Crippen molar-refractivity contribution in [3.05, 3.63) is 9.52 Å². The molecule has 0 radical (unpaired) electrons. The molecule has 5 heteroatoms. The van der Waals surface area contributed by atoms with Gasteiger partial charge in [0.1, 0.15) is 4.49 Å². The largest absolute Gasteiger partial charge is 0.351 e. The van der Waals surface area contributed by atoms with Gasteiger partial charge in [0.25, 0.3) is 0 Å². The van der Waals surface area contributed by atoms with Crippen LogP contribution in [0, 0.1) is 0 Å². The molecule has 0 aliphatic carbocycles. The average Bonchev–Trinajstić information content (AvgIpc) is 1.99. The van der Waals surface area contributed by atoms with Crippen LogP contribution < -0.4 is 5.32 Å². The lowest BCUT2D eigenvalue weighted by Crippen LogP contribution is -2.23. The summed E-state index contributed by atoms with van der Waals surface area (Å²) in [6.45, 7) is 1.94. The second kappa shape index (κ2) is 5.70. The second-order valence-electron chi connectivity index (χ2n) is 1.80. The number of nitrogens with one attached hydrogen (secondary N) is 1. The molecule has 11 heavy (non-hydrogen) atoms. The minimum atomic E-state index is -0.0854. The smallest absolute Gasteiger partial charge is 0.220 e. The molecular formula is C6H8Cl3NO. The second-order valence-corrected chi connectivity index (χ2v) is 3.20. The summed E-state index contributed by atoms with van der Waals surface area (Å²) in [6.07, 6.45) is 0.421. The summed E-state index contributed by atoms with van der Waals surface area (Å²) in [5.41, 5.74) is 0. The van der Waals surface area contributed by atoms with Gasteiger partial charge in [0.2, 0.25) is 5.91 Å². The predicted octanol–water partition coefficient (Wildman–Crippen LogP) is 2.40. The van der Waals surface area contributed by atoms with Crippen LogP contribution in [0.15, 0.2) is 9.52 Å². The fourth-order valence-electron chi connectivity index (χ4n) is 0.368. The number of carbonyl (C=O) groups excluding carboxylic acids is 1. The first-order valence-corrected chi connectivity index (χ1v) is 4.17. The molecule has 0 saturated heterocycles. The summed E-state index contributed by atoms with van der Waals surface area (Å²) in [5.74, 6) is -0.0854. The van der Waals surface area contributed by atoms with Crippen molar-refractivity contribution in [1.82, 2.24) is 5.32 Å². The van der Waals surface area contributed by atoms with E-state index in [1.807, 2.05) is 0 Å². The standard InChI is InChI=1S/C6H8Cl3NO/c1-2-5(11)10-3-4(7)6(8)9/h2-3H2,1H3,(H,10,11). The number of hydrogen-bond donors (Lipinski definition) is 1. The lowest BCUT2D eigenvalue weighted by atomic mass is 10.4. The lowest BCUT2D eigenvalue weighted by Gasteiger charge is -2.00. The molecule has 0 aromatic carbocycles. The van der Waals surface area contributed by atoms with Crippen LogP contribution in [0.4, 0.5) is 0 Å². The quantitative estimate of drug-likeness (QED) is 0.771. The molecule has 0 aromatic heterocycles. The van der Waals surface area contributed by atoms with Gasteiger partial charge in [-0.2, -0.15) is 0 Å². The Balaban J connectivity index is 3.72. The van der Waals surface area contributed by atoms with Crippen LogP contribution in [0.1, 0.15) is 13.3 Å². The first kappa shape index (κ1) is 11.1. The summed E-state index contributed by atoms with van der Waals surface area (Å²) in [7, 11) is 0. The Morgan fingerprint density at radius 1 is 1.36 bits per heavy atom. The van der Waals surface area contributed by atoms with Crippen LogP contribution in [0.25, 0.3) is 0 Å². The van der Waals surface area contributed by atoms with Crippen LogP contribution in [0.3, 0.4) is 0 Å². The first-order chi connectivity index (χ1) is 5.07. The van der Waals surface area contributed by atoms with Gasteiger partial charge in [-0.1, -0.05) is 41.7 Å². The Labute approximate surface area is 80.5 Å². The minimum absolute atomic E-state index is 0.0110. The van der Waals surface area contributed by atoms with E-state index in [0.717, 1.165) is 0 Å². The molecule has 0 bridgehead atoms. The van der Waals surface area contributed by atoms with Crippen molar-refractivity contribution in [1.29, 1.82) is 0 Å². The van der Waals surface area contributed by atoms with E-state index in [1.54, 1.807) is 6.92 Å². The minimum Gasteiger partial charge on any atom is -0.351 e. The van der Waals surface area contributed by atoms with Gasteiger partial charge in [-0.25, -0.2) is 0 Å². The molecule has 0 fully saturated rings. The van der Waals surface area contributed by atoms with Crippen LogP contribution >= 0.6 is 34.8 Å². The zero-order chi connectivity index (χ0) is 8.85. The normalized spacial score (nSPS) is 9.09. The van der Waals surface area contributed by atoms with Gasteiger partial charge in [0, 0.05) is 6.42 Å². The van der Waals surface area contributed by atoms with Gasteiger partial charge < -0.3 is 5.32 Å². The van der Waals surface area contributed by atoms with Gasteiger partial charge in [-0.05, 0) is 0 Å². The third kappa shape index (κ3) is 5.36. The summed E-state index contributed by atoms with van der Waals surface area (Å²) < 4.78 is -0.0110. The molecule has 0 aromatic rings. The topological polar surface area (TPSA) is 29.1 Å². The summed E-state index contributed by atoms with van der Waals surface area (Å²) in [6, 6.07) is 0. The Morgan fingerprint density at radius 2 is 1.91 bits per heavy atom. The van der Waals surface area contributed by atoms with Crippen LogP contribution in [0.2, 0.25) is 0 Å². The Hall–Kier alpha value is 0.0800. The highest BCUT2D eigenvalue weighted by Gasteiger charge is 2.00. The van der Waals surface area contributed by atoms with Gasteiger partial charge in [-0.15, -0.1) is 0 Å². The third-order valence-electron chi connectivity index (χ3n) is 0.967. The van der Waals surface area contributed by atoms with E-state index in [-0.39, 0.29) is 22.0 Å². The Kier molecular flexibility index (Phi) is 5.74. The first-order valence-electron chi connectivity index (χ1n) is 3.04. The third-order valence-corrected chi connectivity index (χ3v) is 1.94. The fourth-order valence-corrected chi connectivity index (χ4v) is 0.568. The Morgan fingerprint density at radius 3 is 2.27 bits per heavy atom. The maximum absolute atomic E-state index is 10.7. The molecule has 0 aliphatic heterocycles. The molecule has 0 unspecified atom stereocenters. The number of carbonyl (C=O) groups is 1. The number of halogens is 3. The Bertz CT molecular complexity index is 175. The van der Waals surface area contributed by atoms with E-state index in [4.69, 9.17) is 34.8 Å². The van der Waals surface area contributed by atoms with Crippen LogP contribution in [-0.4, -0.2) is 12.5 Å². The molecule has 0 heterocycles. The van der Waals surface area contributed by atoms with Gasteiger partial charge in [-0.3, -0.25) is 4.79 Å². The van der Waals surface area contributed by atoms with E-state index in [9.17, 15) is 4.79 Å².